The minimum absolute atomic E-state index is 0.209. The van der Waals surface area contributed by atoms with Crippen LogP contribution in [0.2, 0.25) is 0 Å². The van der Waals surface area contributed by atoms with E-state index in [2.05, 4.69) is 18.4 Å². The second-order valence-corrected chi connectivity index (χ2v) is 7.86. The molecule has 2 amide bonds. The van der Waals surface area contributed by atoms with Crippen LogP contribution in [0.1, 0.15) is 53.1 Å². The van der Waals surface area contributed by atoms with Crippen molar-refractivity contribution < 1.29 is 29.1 Å². The van der Waals surface area contributed by atoms with Crippen LogP contribution in [0.5, 0.6) is 0 Å². The maximum Gasteiger partial charge on any atom is 0.533 e. The Kier molecular flexibility index (Phi) is 6.38. The first-order valence-corrected chi connectivity index (χ1v) is 10.8. The lowest BCUT2D eigenvalue weighted by molar-refractivity contribution is -0.669. The Hall–Kier alpha value is -2.97. The van der Waals surface area contributed by atoms with Crippen LogP contribution in [0.15, 0.2) is 41.4 Å². The van der Waals surface area contributed by atoms with Crippen LogP contribution in [-0.4, -0.2) is 37.2 Å². The molecule has 2 N–H and O–H groups in total. The molecule has 0 saturated heterocycles. The second kappa shape index (κ2) is 8.81. The Bertz CT molecular complexity index is 1000. The van der Waals surface area contributed by atoms with Crippen LogP contribution < -0.4 is 0 Å². The third-order valence-electron chi connectivity index (χ3n) is 5.48. The fraction of sp³-hybridized carbons (Fsp3) is 0.318. The van der Waals surface area contributed by atoms with Gasteiger partial charge < -0.3 is 14.8 Å². The minimum atomic E-state index is -1.43. The van der Waals surface area contributed by atoms with Crippen molar-refractivity contribution in [3.63, 3.8) is 0 Å². The summed E-state index contributed by atoms with van der Waals surface area (Å²) in [6.45, 7) is 5.37. The zero-order valence-electron chi connectivity index (χ0n) is 17.0. The number of quaternary nitrogens is 1. The van der Waals surface area contributed by atoms with Gasteiger partial charge in [0.2, 0.25) is 5.78 Å². The fourth-order valence-corrected chi connectivity index (χ4v) is 4.70. The van der Waals surface area contributed by atoms with Gasteiger partial charge in [0, 0.05) is 23.2 Å². The lowest BCUT2D eigenvalue weighted by Crippen LogP contribution is -2.45. The molecule has 2 aromatic heterocycles. The van der Waals surface area contributed by atoms with E-state index in [-0.39, 0.29) is 5.78 Å². The normalized spacial score (nSPS) is 15.5. The van der Waals surface area contributed by atoms with Gasteiger partial charge in [-0.2, -0.15) is 20.9 Å². The van der Waals surface area contributed by atoms with Gasteiger partial charge in [-0.3, -0.25) is 4.79 Å². The number of carbonyl (C=O) groups excluding carboxylic acids is 1. The highest BCUT2D eigenvalue weighted by molar-refractivity contribution is 7.08. The number of ketones is 1. The van der Waals surface area contributed by atoms with E-state index in [1.165, 1.54) is 35.4 Å². The molecular formula is C22H25N2O5S+. The number of amides is 2. The maximum atomic E-state index is 12.8. The smallest absolute Gasteiger partial charge is 0.434 e. The molecule has 4 rings (SSSR count). The summed E-state index contributed by atoms with van der Waals surface area (Å²) >= 11 is 1.59. The first-order chi connectivity index (χ1) is 14.4. The minimum Gasteiger partial charge on any atom is -0.434 e. The number of nitrogens with zero attached hydrogens (tertiary/aromatic N) is 2. The number of carbonyl (C=O) groups is 3. The average Bonchev–Trinajstić information content (AvgIpc) is 3.51. The molecular weight excluding hydrogens is 404 g/mol. The predicted octanol–water partition coefficient (Wildman–Crippen LogP) is 5.05. The Morgan fingerprint density at radius 3 is 2.17 bits per heavy atom. The average molecular weight is 430 g/mol. The van der Waals surface area contributed by atoms with Crippen LogP contribution in [0.3, 0.4) is 0 Å². The molecule has 8 heteroatoms. The molecule has 7 nitrogen and oxygen atoms in total. The van der Waals surface area contributed by atoms with Gasteiger partial charge in [-0.15, -0.1) is 0 Å². The van der Waals surface area contributed by atoms with Crippen molar-refractivity contribution in [2.75, 3.05) is 0 Å². The Morgan fingerprint density at radius 1 is 1.07 bits per heavy atom. The number of imide groups is 1. The quantitative estimate of drug-likeness (QED) is 0.524. The van der Waals surface area contributed by atoms with Gasteiger partial charge in [-0.1, -0.05) is 18.3 Å². The molecule has 2 aliphatic heterocycles. The number of aromatic nitrogens is 1. The van der Waals surface area contributed by atoms with Crippen LogP contribution in [0.25, 0.3) is 0 Å². The third kappa shape index (κ3) is 3.64. The second-order valence-electron chi connectivity index (χ2n) is 7.08. The van der Waals surface area contributed by atoms with Gasteiger partial charge in [0.15, 0.2) is 0 Å². The molecule has 2 aliphatic rings. The molecule has 0 bridgehead atoms. The molecule has 30 heavy (non-hydrogen) atoms. The number of rotatable bonds is 4. The predicted molar refractivity (Wildman–Crippen MR) is 114 cm³/mol. The van der Waals surface area contributed by atoms with Gasteiger partial charge in [0.05, 0.1) is 5.69 Å². The number of fused-ring (bicyclic) bond motifs is 1. The SMILES string of the molecule is CCc1c(CC)c(C(=O)c2ccsc2)n2c1CCC2.O=C(O)[N+]1(C(=O)O)C=CC=C1. The summed E-state index contributed by atoms with van der Waals surface area (Å²) in [7, 11) is 0. The topological polar surface area (TPSA) is 96.6 Å². The first kappa shape index (κ1) is 21.7. The van der Waals surface area contributed by atoms with E-state index in [0.29, 0.717) is 0 Å². The molecule has 4 heterocycles. The molecule has 158 valence electrons. The molecule has 0 saturated carbocycles. The molecule has 0 aliphatic carbocycles. The molecule has 2 aromatic rings. The molecule has 0 atom stereocenters. The largest absolute Gasteiger partial charge is 0.533 e. The van der Waals surface area contributed by atoms with Gasteiger partial charge in [0.25, 0.3) is 0 Å². The van der Waals surface area contributed by atoms with Crippen molar-refractivity contribution in [1.29, 1.82) is 0 Å². The van der Waals surface area contributed by atoms with Gasteiger partial charge in [-0.25, -0.2) is 0 Å². The lowest BCUT2D eigenvalue weighted by atomic mass is 9.99. The van der Waals surface area contributed by atoms with E-state index in [1.807, 2.05) is 16.8 Å². The monoisotopic (exact) mass is 429 g/mol. The van der Waals surface area contributed by atoms with E-state index < -0.39 is 16.7 Å². The Morgan fingerprint density at radius 2 is 1.70 bits per heavy atom. The molecule has 0 aromatic carbocycles. The Balaban J connectivity index is 0.000000199. The highest BCUT2D eigenvalue weighted by Gasteiger charge is 2.43. The van der Waals surface area contributed by atoms with Crippen LogP contribution in [-0.2, 0) is 25.8 Å². The van der Waals surface area contributed by atoms with Crippen molar-refractivity contribution in [1.82, 2.24) is 4.57 Å². The summed E-state index contributed by atoms with van der Waals surface area (Å²) in [5.74, 6) is 0.209. The van der Waals surface area contributed by atoms with Crippen molar-refractivity contribution >= 4 is 29.3 Å². The number of hydrogen-bond acceptors (Lipinski definition) is 4. The van der Waals surface area contributed by atoms with E-state index in [4.69, 9.17) is 10.2 Å². The zero-order valence-corrected chi connectivity index (χ0v) is 17.8. The summed E-state index contributed by atoms with van der Waals surface area (Å²) in [5, 5.41) is 21.0. The van der Waals surface area contributed by atoms with E-state index in [9.17, 15) is 14.4 Å². The van der Waals surface area contributed by atoms with Crippen LogP contribution in [0, 0.1) is 0 Å². The maximum absolute atomic E-state index is 12.8. The number of thiophene rings is 1. The molecule has 0 radical (unpaired) electrons. The van der Waals surface area contributed by atoms with Crippen LogP contribution in [0.4, 0.5) is 9.59 Å². The van der Waals surface area contributed by atoms with E-state index in [1.54, 1.807) is 11.3 Å². The third-order valence-corrected chi connectivity index (χ3v) is 6.16. The summed E-state index contributed by atoms with van der Waals surface area (Å²) < 4.78 is 1.12. The Labute approximate surface area is 178 Å². The first-order valence-electron chi connectivity index (χ1n) is 9.89. The van der Waals surface area contributed by atoms with Crippen molar-refractivity contribution in [2.45, 2.75) is 46.1 Å². The van der Waals surface area contributed by atoms with Crippen molar-refractivity contribution in [2.24, 2.45) is 0 Å². The highest BCUT2D eigenvalue weighted by atomic mass is 32.1. The lowest BCUT2D eigenvalue weighted by Gasteiger charge is -2.13. The van der Waals surface area contributed by atoms with Gasteiger partial charge in [0.1, 0.15) is 12.4 Å². The summed E-state index contributed by atoms with van der Waals surface area (Å²) in [5.41, 5.74) is 5.93. The standard InChI is InChI=1S/C16H19NOS.C6H5NO4/c1-3-12-13(4-2)15(17-8-5-6-14(12)17)16(18)11-7-9-19-10-11;8-5(9)7(6(10)11)3-1-2-4-7/h7,9-10H,3-6,8H2,1-2H3;1-4H,(H-,8,9,10,11)/p+1. The fourth-order valence-electron chi connectivity index (χ4n) is 4.06. The molecule has 0 fully saturated rings. The van der Waals surface area contributed by atoms with E-state index in [0.717, 1.165) is 49.5 Å². The number of hydrogen-bond donors (Lipinski definition) is 2. The summed E-state index contributed by atoms with van der Waals surface area (Å²) in [6.07, 6.45) is 6.34. The van der Waals surface area contributed by atoms with Crippen LogP contribution >= 0.6 is 11.3 Å². The van der Waals surface area contributed by atoms with Crippen molar-refractivity contribution in [3.05, 3.63) is 69.5 Å². The highest BCUT2D eigenvalue weighted by Crippen LogP contribution is 2.32. The number of allylic oxidation sites excluding steroid dienone is 2. The summed E-state index contributed by atoms with van der Waals surface area (Å²) in [4.78, 5) is 33.7. The molecule has 0 spiro atoms. The number of carboxylic acid groups (broad SMARTS) is 2. The van der Waals surface area contributed by atoms with Crippen molar-refractivity contribution in [3.8, 4) is 0 Å². The van der Waals surface area contributed by atoms with Gasteiger partial charge >= 0.3 is 12.2 Å². The summed E-state index contributed by atoms with van der Waals surface area (Å²) in [6, 6.07) is 1.94. The molecule has 0 unspecified atom stereocenters. The zero-order chi connectivity index (χ0) is 21.9. The van der Waals surface area contributed by atoms with E-state index >= 15 is 0 Å². The van der Waals surface area contributed by atoms with Gasteiger partial charge in [-0.05, 0) is 60.4 Å².